The number of imidazole rings is 1. The van der Waals surface area contributed by atoms with E-state index in [2.05, 4.69) is 4.98 Å². The summed E-state index contributed by atoms with van der Waals surface area (Å²) in [5.74, 6) is 0.0748. The molecule has 0 aliphatic heterocycles. The zero-order valence-corrected chi connectivity index (χ0v) is 10.8. The summed E-state index contributed by atoms with van der Waals surface area (Å²) in [7, 11) is 1.94. The number of aliphatic carboxylic acids is 1. The Labute approximate surface area is 111 Å². The van der Waals surface area contributed by atoms with Crippen LogP contribution in [0.4, 0.5) is 0 Å². The minimum atomic E-state index is -0.819. The summed E-state index contributed by atoms with van der Waals surface area (Å²) < 4.78 is 1.94. The van der Waals surface area contributed by atoms with Crippen molar-refractivity contribution in [2.45, 2.75) is 18.9 Å². The number of aryl methyl sites for hydroxylation is 1. The van der Waals surface area contributed by atoms with Crippen LogP contribution in [0.1, 0.15) is 24.4 Å². The highest BCUT2D eigenvalue weighted by Gasteiger charge is 2.09. The molecule has 3 N–H and O–H groups in total. The van der Waals surface area contributed by atoms with Gasteiger partial charge in [0.05, 0.1) is 0 Å². The van der Waals surface area contributed by atoms with Crippen molar-refractivity contribution in [3.63, 3.8) is 0 Å². The van der Waals surface area contributed by atoms with E-state index in [-0.39, 0.29) is 12.5 Å². The lowest BCUT2D eigenvalue weighted by molar-refractivity contribution is -0.137. The zero-order valence-electron chi connectivity index (χ0n) is 10.8. The second-order valence-corrected chi connectivity index (χ2v) is 4.52. The van der Waals surface area contributed by atoms with Gasteiger partial charge >= 0.3 is 5.97 Å². The highest BCUT2D eigenvalue weighted by Crippen LogP contribution is 2.21. The normalized spacial score (nSPS) is 12.3. The van der Waals surface area contributed by atoms with Gasteiger partial charge in [0.1, 0.15) is 5.82 Å². The number of benzene rings is 1. The van der Waals surface area contributed by atoms with Crippen LogP contribution in [0.5, 0.6) is 0 Å². The molecular weight excluding hydrogens is 242 g/mol. The number of nitrogens with zero attached hydrogens (tertiary/aromatic N) is 2. The Morgan fingerprint density at radius 2 is 2.11 bits per heavy atom. The fourth-order valence-electron chi connectivity index (χ4n) is 1.97. The first kappa shape index (κ1) is 13.3. The van der Waals surface area contributed by atoms with Gasteiger partial charge in [0.15, 0.2) is 0 Å². The van der Waals surface area contributed by atoms with E-state index in [1.54, 1.807) is 6.20 Å². The predicted octanol–water partition coefficient (Wildman–Crippen LogP) is 1.95. The van der Waals surface area contributed by atoms with E-state index in [0.717, 1.165) is 17.0 Å². The first-order valence-electron chi connectivity index (χ1n) is 6.13. The van der Waals surface area contributed by atoms with Gasteiger partial charge in [0.2, 0.25) is 0 Å². The number of carboxylic acids is 1. The molecule has 19 heavy (non-hydrogen) atoms. The average Bonchev–Trinajstić information content (AvgIpc) is 2.82. The van der Waals surface area contributed by atoms with Crippen LogP contribution in [0.3, 0.4) is 0 Å². The van der Waals surface area contributed by atoms with E-state index in [4.69, 9.17) is 10.8 Å². The molecule has 0 saturated carbocycles. The molecular formula is C14H17N3O2. The highest BCUT2D eigenvalue weighted by molar-refractivity contribution is 5.66. The van der Waals surface area contributed by atoms with Crippen LogP contribution in [0.2, 0.25) is 0 Å². The summed E-state index contributed by atoms with van der Waals surface area (Å²) in [5.41, 5.74) is 7.92. The Bertz CT molecular complexity index is 560. The number of aromatic nitrogens is 2. The Morgan fingerprint density at radius 1 is 1.42 bits per heavy atom. The fourth-order valence-corrected chi connectivity index (χ4v) is 1.97. The Hall–Kier alpha value is -2.14. The third-order valence-corrected chi connectivity index (χ3v) is 3.09. The number of carboxylic acid groups (broad SMARTS) is 1. The van der Waals surface area contributed by atoms with Gasteiger partial charge < -0.3 is 15.4 Å². The summed E-state index contributed by atoms with van der Waals surface area (Å²) in [5, 5.41) is 8.64. The van der Waals surface area contributed by atoms with Crippen LogP contribution < -0.4 is 5.73 Å². The molecule has 100 valence electrons. The predicted molar refractivity (Wildman–Crippen MR) is 72.4 cm³/mol. The Kier molecular flexibility index (Phi) is 3.97. The van der Waals surface area contributed by atoms with Gasteiger partial charge in [-0.15, -0.1) is 0 Å². The van der Waals surface area contributed by atoms with E-state index < -0.39 is 5.97 Å². The van der Waals surface area contributed by atoms with E-state index in [0.29, 0.717) is 6.42 Å². The van der Waals surface area contributed by atoms with Gasteiger partial charge in [-0.3, -0.25) is 4.79 Å². The molecule has 1 heterocycles. The molecule has 5 heteroatoms. The van der Waals surface area contributed by atoms with Crippen molar-refractivity contribution >= 4 is 5.97 Å². The SMILES string of the molecule is Cn1ccnc1-c1ccc(C(N)CCC(=O)O)cc1. The average molecular weight is 259 g/mol. The maximum atomic E-state index is 10.5. The van der Waals surface area contributed by atoms with Crippen molar-refractivity contribution in [1.29, 1.82) is 0 Å². The summed E-state index contributed by atoms with van der Waals surface area (Å²) in [6.07, 6.45) is 4.17. The first-order valence-corrected chi connectivity index (χ1v) is 6.13. The molecule has 1 aromatic carbocycles. The van der Waals surface area contributed by atoms with Crippen LogP contribution in [0.15, 0.2) is 36.7 Å². The van der Waals surface area contributed by atoms with Crippen molar-refractivity contribution in [3.8, 4) is 11.4 Å². The van der Waals surface area contributed by atoms with E-state index in [1.807, 2.05) is 42.1 Å². The molecule has 0 aliphatic carbocycles. The molecule has 5 nitrogen and oxygen atoms in total. The smallest absolute Gasteiger partial charge is 0.303 e. The monoisotopic (exact) mass is 259 g/mol. The molecule has 2 rings (SSSR count). The van der Waals surface area contributed by atoms with Crippen LogP contribution in [0.25, 0.3) is 11.4 Å². The van der Waals surface area contributed by atoms with Gasteiger partial charge in [-0.2, -0.15) is 0 Å². The van der Waals surface area contributed by atoms with Gasteiger partial charge in [-0.05, 0) is 12.0 Å². The summed E-state index contributed by atoms with van der Waals surface area (Å²) in [6.45, 7) is 0. The molecule has 2 aromatic rings. The van der Waals surface area contributed by atoms with E-state index in [9.17, 15) is 4.79 Å². The maximum absolute atomic E-state index is 10.5. The minimum absolute atomic E-state index is 0.0856. The van der Waals surface area contributed by atoms with E-state index in [1.165, 1.54) is 0 Å². The molecule has 0 aliphatic rings. The highest BCUT2D eigenvalue weighted by atomic mass is 16.4. The van der Waals surface area contributed by atoms with Crippen molar-refractivity contribution in [2.75, 3.05) is 0 Å². The molecule has 0 bridgehead atoms. The minimum Gasteiger partial charge on any atom is -0.481 e. The summed E-state index contributed by atoms with van der Waals surface area (Å²) in [6, 6.07) is 7.52. The second-order valence-electron chi connectivity index (χ2n) is 4.52. The lowest BCUT2D eigenvalue weighted by Crippen LogP contribution is -2.12. The molecule has 1 unspecified atom stereocenters. The van der Waals surface area contributed by atoms with Gasteiger partial charge in [-0.1, -0.05) is 24.3 Å². The third-order valence-electron chi connectivity index (χ3n) is 3.09. The molecule has 0 radical (unpaired) electrons. The van der Waals surface area contributed by atoms with Crippen molar-refractivity contribution < 1.29 is 9.90 Å². The van der Waals surface area contributed by atoms with Gasteiger partial charge in [0.25, 0.3) is 0 Å². The van der Waals surface area contributed by atoms with Crippen molar-refractivity contribution in [3.05, 3.63) is 42.2 Å². The molecule has 0 amide bonds. The molecule has 0 spiro atoms. The molecule has 1 atom stereocenters. The van der Waals surface area contributed by atoms with Gasteiger partial charge in [0, 0.05) is 37.5 Å². The summed E-state index contributed by atoms with van der Waals surface area (Å²) >= 11 is 0. The second kappa shape index (κ2) is 5.67. The zero-order chi connectivity index (χ0) is 13.8. The van der Waals surface area contributed by atoms with Crippen molar-refractivity contribution in [2.24, 2.45) is 12.8 Å². The van der Waals surface area contributed by atoms with Crippen LogP contribution in [-0.2, 0) is 11.8 Å². The van der Waals surface area contributed by atoms with Crippen LogP contribution in [-0.4, -0.2) is 20.6 Å². The number of nitrogens with two attached hydrogens (primary N) is 1. The lowest BCUT2D eigenvalue weighted by atomic mass is 10.0. The molecule has 1 aromatic heterocycles. The largest absolute Gasteiger partial charge is 0.481 e. The Morgan fingerprint density at radius 3 is 2.63 bits per heavy atom. The maximum Gasteiger partial charge on any atom is 0.303 e. The summed E-state index contributed by atoms with van der Waals surface area (Å²) in [4.78, 5) is 14.8. The standard InChI is InChI=1S/C14H17N3O2/c1-17-9-8-16-14(17)11-4-2-10(3-5-11)12(15)6-7-13(18)19/h2-5,8-9,12H,6-7,15H2,1H3,(H,18,19). The van der Waals surface area contributed by atoms with Crippen molar-refractivity contribution in [1.82, 2.24) is 9.55 Å². The number of hydrogen-bond donors (Lipinski definition) is 2. The fraction of sp³-hybridized carbons (Fsp3) is 0.286. The molecule has 0 saturated heterocycles. The number of hydrogen-bond acceptors (Lipinski definition) is 3. The quantitative estimate of drug-likeness (QED) is 0.860. The first-order chi connectivity index (χ1) is 9.08. The Balaban J connectivity index is 2.10. The lowest BCUT2D eigenvalue weighted by Gasteiger charge is -2.11. The van der Waals surface area contributed by atoms with Crippen LogP contribution >= 0.6 is 0 Å². The number of rotatable bonds is 5. The van der Waals surface area contributed by atoms with Crippen LogP contribution in [0, 0.1) is 0 Å². The third kappa shape index (κ3) is 3.20. The topological polar surface area (TPSA) is 81.1 Å². The number of carbonyl (C=O) groups is 1. The molecule has 0 fully saturated rings. The van der Waals surface area contributed by atoms with E-state index >= 15 is 0 Å². The van der Waals surface area contributed by atoms with Gasteiger partial charge in [-0.25, -0.2) is 4.98 Å².